The number of nitrogens with one attached hydrogen (secondary N) is 2. The average Bonchev–Trinajstić information content (AvgIpc) is 2.40. The number of sulfonamides is 1. The second kappa shape index (κ2) is 7.82. The van der Waals surface area contributed by atoms with Crippen molar-refractivity contribution < 1.29 is 22.7 Å². The highest BCUT2D eigenvalue weighted by molar-refractivity contribution is 7.88. The van der Waals surface area contributed by atoms with Crippen molar-refractivity contribution in [1.29, 1.82) is 0 Å². The molecule has 0 atom stereocenters. The lowest BCUT2D eigenvalue weighted by Gasteiger charge is -2.33. The van der Waals surface area contributed by atoms with Crippen molar-refractivity contribution >= 4 is 22.1 Å². The van der Waals surface area contributed by atoms with Crippen molar-refractivity contribution in [2.24, 2.45) is 0 Å². The number of rotatable bonds is 4. The van der Waals surface area contributed by atoms with Crippen molar-refractivity contribution in [3.63, 3.8) is 0 Å². The van der Waals surface area contributed by atoms with Crippen LogP contribution in [-0.4, -0.2) is 80.9 Å². The Bertz CT molecular complexity index is 521. The Balaban J connectivity index is 2.22. The first kappa shape index (κ1) is 19.5. The second-order valence-electron chi connectivity index (χ2n) is 6.31. The molecular formula is C13H26N4O5S. The quantitative estimate of drug-likeness (QED) is 0.683. The van der Waals surface area contributed by atoms with Crippen LogP contribution >= 0.6 is 0 Å². The Hall–Kier alpha value is -1.55. The molecule has 0 unspecified atom stereocenters. The minimum Gasteiger partial charge on any atom is -0.444 e. The largest absolute Gasteiger partial charge is 0.444 e. The van der Waals surface area contributed by atoms with E-state index in [1.54, 1.807) is 25.7 Å². The smallest absolute Gasteiger partial charge is 0.407 e. The van der Waals surface area contributed by atoms with Crippen molar-refractivity contribution in [1.82, 2.24) is 19.8 Å². The van der Waals surface area contributed by atoms with E-state index in [0.29, 0.717) is 26.2 Å². The lowest BCUT2D eigenvalue weighted by atomic mass is 10.2. The molecule has 1 aliphatic heterocycles. The fourth-order valence-corrected chi connectivity index (χ4v) is 2.81. The van der Waals surface area contributed by atoms with Gasteiger partial charge >= 0.3 is 12.1 Å². The Morgan fingerprint density at radius 3 is 2.04 bits per heavy atom. The van der Waals surface area contributed by atoms with E-state index >= 15 is 0 Å². The van der Waals surface area contributed by atoms with E-state index in [-0.39, 0.29) is 19.1 Å². The molecule has 134 valence electrons. The van der Waals surface area contributed by atoms with Crippen molar-refractivity contribution in [3.05, 3.63) is 0 Å². The molecule has 0 aliphatic carbocycles. The molecule has 0 aromatic rings. The monoisotopic (exact) mass is 350 g/mol. The van der Waals surface area contributed by atoms with Crippen molar-refractivity contribution in [3.8, 4) is 0 Å². The molecule has 1 saturated heterocycles. The van der Waals surface area contributed by atoms with E-state index in [2.05, 4.69) is 10.6 Å². The van der Waals surface area contributed by atoms with Gasteiger partial charge in [0.15, 0.2) is 0 Å². The van der Waals surface area contributed by atoms with Crippen LogP contribution < -0.4 is 10.6 Å². The molecule has 0 radical (unpaired) electrons. The SMILES string of the molecule is CC(C)(C)OC(=O)NCCNC(=O)N1CCN(S(C)(=O)=O)CC1. The van der Waals surface area contributed by atoms with Crippen LogP contribution in [0, 0.1) is 0 Å². The highest BCUT2D eigenvalue weighted by Crippen LogP contribution is 2.06. The maximum atomic E-state index is 11.9. The molecule has 9 nitrogen and oxygen atoms in total. The minimum atomic E-state index is -3.21. The zero-order valence-electron chi connectivity index (χ0n) is 14.1. The number of piperazine rings is 1. The summed E-state index contributed by atoms with van der Waals surface area (Å²) in [6.45, 7) is 7.11. The van der Waals surface area contributed by atoms with Crippen LogP contribution in [0.1, 0.15) is 20.8 Å². The maximum absolute atomic E-state index is 11.9. The lowest BCUT2D eigenvalue weighted by Crippen LogP contribution is -2.53. The van der Waals surface area contributed by atoms with Gasteiger partial charge in [-0.05, 0) is 20.8 Å². The summed E-state index contributed by atoms with van der Waals surface area (Å²) in [6.07, 6.45) is 0.624. The first-order valence-electron chi connectivity index (χ1n) is 7.44. The summed E-state index contributed by atoms with van der Waals surface area (Å²) in [5.74, 6) is 0. The molecule has 0 bridgehead atoms. The predicted molar refractivity (Wildman–Crippen MR) is 85.6 cm³/mol. The average molecular weight is 350 g/mol. The molecule has 0 aromatic carbocycles. The first-order valence-corrected chi connectivity index (χ1v) is 9.28. The summed E-state index contributed by atoms with van der Waals surface area (Å²) in [5, 5.41) is 5.22. The molecule has 10 heteroatoms. The predicted octanol–water partition coefficient (Wildman–Crippen LogP) is -0.202. The molecule has 23 heavy (non-hydrogen) atoms. The number of amides is 3. The summed E-state index contributed by atoms with van der Waals surface area (Å²) in [7, 11) is -3.21. The number of nitrogens with zero attached hydrogens (tertiary/aromatic N) is 2. The summed E-state index contributed by atoms with van der Waals surface area (Å²) in [4.78, 5) is 24.9. The van der Waals surface area contributed by atoms with Gasteiger partial charge in [-0.1, -0.05) is 0 Å². The summed E-state index contributed by atoms with van der Waals surface area (Å²) in [5.41, 5.74) is -0.563. The third-order valence-corrected chi connectivity index (χ3v) is 4.37. The van der Waals surface area contributed by atoms with Gasteiger partial charge in [0, 0.05) is 39.3 Å². The lowest BCUT2D eigenvalue weighted by molar-refractivity contribution is 0.0528. The van der Waals surface area contributed by atoms with Crippen LogP contribution in [0.3, 0.4) is 0 Å². The minimum absolute atomic E-state index is 0.254. The van der Waals surface area contributed by atoms with Crippen LogP contribution in [0.25, 0.3) is 0 Å². The molecule has 1 fully saturated rings. The Morgan fingerprint density at radius 1 is 1.04 bits per heavy atom. The van der Waals surface area contributed by atoms with E-state index in [9.17, 15) is 18.0 Å². The Labute approximate surface area is 137 Å². The molecular weight excluding hydrogens is 324 g/mol. The fourth-order valence-electron chi connectivity index (χ4n) is 1.98. The van der Waals surface area contributed by atoms with E-state index in [1.165, 1.54) is 4.31 Å². The van der Waals surface area contributed by atoms with Gasteiger partial charge in [-0.15, -0.1) is 0 Å². The Kier molecular flexibility index (Phi) is 6.63. The number of hydrogen-bond acceptors (Lipinski definition) is 5. The zero-order chi connectivity index (χ0) is 17.7. The van der Waals surface area contributed by atoms with Gasteiger partial charge in [-0.25, -0.2) is 18.0 Å². The highest BCUT2D eigenvalue weighted by atomic mass is 32.2. The van der Waals surface area contributed by atoms with E-state index in [1.807, 2.05) is 0 Å². The number of alkyl carbamates (subject to hydrolysis) is 1. The Morgan fingerprint density at radius 2 is 1.57 bits per heavy atom. The van der Waals surface area contributed by atoms with Gasteiger partial charge < -0.3 is 20.3 Å². The summed E-state index contributed by atoms with van der Waals surface area (Å²) < 4.78 is 29.2. The topological polar surface area (TPSA) is 108 Å². The zero-order valence-corrected chi connectivity index (χ0v) is 14.9. The number of ether oxygens (including phenoxy) is 1. The third kappa shape index (κ3) is 7.51. The number of urea groups is 1. The summed E-state index contributed by atoms with van der Waals surface area (Å²) in [6, 6.07) is -0.274. The second-order valence-corrected chi connectivity index (χ2v) is 8.29. The standard InChI is InChI=1S/C13H26N4O5S/c1-13(2,3)22-12(19)15-6-5-14-11(18)16-7-9-17(10-8-16)23(4,20)21/h5-10H2,1-4H3,(H,14,18)(H,15,19). The molecule has 1 aliphatic rings. The number of carbonyl (C=O) groups excluding carboxylic acids is 2. The van der Waals surface area contributed by atoms with Gasteiger partial charge in [-0.3, -0.25) is 0 Å². The van der Waals surface area contributed by atoms with Gasteiger partial charge in [-0.2, -0.15) is 4.31 Å². The van der Waals surface area contributed by atoms with Gasteiger partial charge in [0.05, 0.1) is 6.26 Å². The number of hydrogen-bond donors (Lipinski definition) is 2. The van der Waals surface area contributed by atoms with Gasteiger partial charge in [0.25, 0.3) is 0 Å². The van der Waals surface area contributed by atoms with Crippen molar-refractivity contribution in [2.45, 2.75) is 26.4 Å². The van der Waals surface area contributed by atoms with Crippen LogP contribution in [0.4, 0.5) is 9.59 Å². The molecule has 2 N–H and O–H groups in total. The van der Waals surface area contributed by atoms with E-state index in [4.69, 9.17) is 4.74 Å². The molecule has 0 saturated carbocycles. The molecule has 3 amide bonds. The normalized spacial score (nSPS) is 16.8. The molecule has 1 heterocycles. The molecule has 0 spiro atoms. The maximum Gasteiger partial charge on any atom is 0.407 e. The summed E-state index contributed by atoms with van der Waals surface area (Å²) >= 11 is 0. The van der Waals surface area contributed by atoms with E-state index in [0.717, 1.165) is 6.26 Å². The third-order valence-electron chi connectivity index (χ3n) is 3.06. The van der Waals surface area contributed by atoms with Crippen molar-refractivity contribution in [2.75, 3.05) is 45.5 Å². The number of carbonyl (C=O) groups is 2. The fraction of sp³-hybridized carbons (Fsp3) is 0.846. The highest BCUT2D eigenvalue weighted by Gasteiger charge is 2.25. The molecule has 0 aromatic heterocycles. The van der Waals surface area contributed by atoms with Gasteiger partial charge in [0.2, 0.25) is 10.0 Å². The van der Waals surface area contributed by atoms with Crippen LogP contribution in [-0.2, 0) is 14.8 Å². The van der Waals surface area contributed by atoms with Gasteiger partial charge in [0.1, 0.15) is 5.60 Å². The van der Waals surface area contributed by atoms with Crippen LogP contribution in [0.15, 0.2) is 0 Å². The first-order chi connectivity index (χ1) is 10.5. The van der Waals surface area contributed by atoms with E-state index < -0.39 is 21.7 Å². The molecule has 1 rings (SSSR count). The van der Waals surface area contributed by atoms with Crippen LogP contribution in [0.2, 0.25) is 0 Å². The van der Waals surface area contributed by atoms with Crippen LogP contribution in [0.5, 0.6) is 0 Å².